The number of thioether (sulfide) groups is 1. The molecule has 2 aromatic rings. The molecule has 6 heteroatoms. The summed E-state index contributed by atoms with van der Waals surface area (Å²) < 4.78 is 5.67. The lowest BCUT2D eigenvalue weighted by Crippen LogP contribution is -2.33. The number of carbonyl (C=O) groups is 1. The van der Waals surface area contributed by atoms with Crippen LogP contribution in [0, 0.1) is 19.8 Å². The van der Waals surface area contributed by atoms with E-state index in [4.69, 9.17) is 4.42 Å². The first-order valence-electron chi connectivity index (χ1n) is 7.72. The Morgan fingerprint density at radius 2 is 1.96 bits per heavy atom. The molecule has 23 heavy (non-hydrogen) atoms. The van der Waals surface area contributed by atoms with Crippen LogP contribution in [-0.4, -0.2) is 27.9 Å². The zero-order valence-electron chi connectivity index (χ0n) is 14.2. The number of hydrogen-bond donors (Lipinski definition) is 1. The minimum Gasteiger partial charge on any atom is -0.411 e. The highest BCUT2D eigenvalue weighted by Gasteiger charge is 2.18. The van der Waals surface area contributed by atoms with Crippen LogP contribution in [0.2, 0.25) is 0 Å². The summed E-state index contributed by atoms with van der Waals surface area (Å²) in [6.07, 6.45) is 0. The van der Waals surface area contributed by atoms with Gasteiger partial charge in [0.2, 0.25) is 11.8 Å². The summed E-state index contributed by atoms with van der Waals surface area (Å²) in [6.45, 7) is 10.7. The fraction of sp³-hybridized carbons (Fsp3) is 0.471. The van der Waals surface area contributed by atoms with Crippen LogP contribution in [0.1, 0.15) is 31.9 Å². The van der Waals surface area contributed by atoms with Crippen LogP contribution in [-0.2, 0) is 4.79 Å². The normalized spacial score (nSPS) is 12.4. The number of nitrogens with zero attached hydrogens (tertiary/aromatic N) is 2. The molecule has 1 aromatic carbocycles. The van der Waals surface area contributed by atoms with E-state index in [-0.39, 0.29) is 11.2 Å². The second-order valence-corrected chi connectivity index (χ2v) is 7.36. The fourth-order valence-electron chi connectivity index (χ4n) is 1.90. The average molecular weight is 333 g/mol. The van der Waals surface area contributed by atoms with Gasteiger partial charge in [-0.05, 0) is 49.9 Å². The number of aromatic nitrogens is 2. The molecular weight excluding hydrogens is 310 g/mol. The summed E-state index contributed by atoms with van der Waals surface area (Å²) in [5, 5.41) is 11.1. The standard InChI is InChI=1S/C17H23N3O2S/c1-10(2)9-18-15(21)13(5)23-17-20-19-16(22-17)14-7-6-11(3)12(4)8-14/h6-8,10,13H,9H2,1-5H3,(H,18,21). The molecule has 1 aromatic heterocycles. The summed E-state index contributed by atoms with van der Waals surface area (Å²) in [5.41, 5.74) is 3.29. The first kappa shape index (κ1) is 17.5. The van der Waals surface area contributed by atoms with Gasteiger partial charge in [-0.2, -0.15) is 0 Å². The molecule has 1 heterocycles. The van der Waals surface area contributed by atoms with Gasteiger partial charge in [-0.15, -0.1) is 10.2 Å². The smallest absolute Gasteiger partial charge is 0.277 e. The van der Waals surface area contributed by atoms with E-state index >= 15 is 0 Å². The topological polar surface area (TPSA) is 68.0 Å². The third kappa shape index (κ3) is 4.82. The van der Waals surface area contributed by atoms with E-state index in [1.54, 1.807) is 0 Å². The molecule has 0 fully saturated rings. The van der Waals surface area contributed by atoms with Gasteiger partial charge in [0.05, 0.1) is 5.25 Å². The lowest BCUT2D eigenvalue weighted by Gasteiger charge is -2.11. The first-order chi connectivity index (χ1) is 10.9. The van der Waals surface area contributed by atoms with Crippen molar-refractivity contribution in [2.24, 2.45) is 5.92 Å². The zero-order valence-corrected chi connectivity index (χ0v) is 15.0. The highest BCUT2D eigenvalue weighted by atomic mass is 32.2. The van der Waals surface area contributed by atoms with E-state index < -0.39 is 0 Å². The Morgan fingerprint density at radius 3 is 2.61 bits per heavy atom. The molecule has 1 amide bonds. The van der Waals surface area contributed by atoms with Crippen LogP contribution in [0.3, 0.4) is 0 Å². The molecule has 1 atom stereocenters. The van der Waals surface area contributed by atoms with Crippen molar-refractivity contribution >= 4 is 17.7 Å². The molecule has 0 radical (unpaired) electrons. The summed E-state index contributed by atoms with van der Waals surface area (Å²) in [4.78, 5) is 12.0. The van der Waals surface area contributed by atoms with E-state index in [1.807, 2.05) is 32.0 Å². The van der Waals surface area contributed by atoms with Gasteiger partial charge in [0.25, 0.3) is 5.22 Å². The molecule has 1 N–H and O–H groups in total. The molecule has 0 aliphatic rings. The van der Waals surface area contributed by atoms with E-state index in [1.165, 1.54) is 22.9 Å². The van der Waals surface area contributed by atoms with Crippen LogP contribution in [0.5, 0.6) is 0 Å². The average Bonchev–Trinajstić information content (AvgIpc) is 2.96. The van der Waals surface area contributed by atoms with Crippen molar-refractivity contribution in [2.45, 2.75) is 45.1 Å². The second kappa shape index (κ2) is 7.64. The summed E-state index contributed by atoms with van der Waals surface area (Å²) in [7, 11) is 0. The number of carbonyl (C=O) groups excluding carboxylic acids is 1. The van der Waals surface area contributed by atoms with Gasteiger partial charge in [-0.3, -0.25) is 4.79 Å². The molecule has 5 nitrogen and oxygen atoms in total. The number of hydrogen-bond acceptors (Lipinski definition) is 5. The van der Waals surface area contributed by atoms with Gasteiger partial charge in [-0.25, -0.2) is 0 Å². The third-order valence-corrected chi connectivity index (χ3v) is 4.43. The van der Waals surface area contributed by atoms with Crippen LogP contribution >= 0.6 is 11.8 Å². The van der Waals surface area contributed by atoms with Gasteiger partial charge in [0, 0.05) is 12.1 Å². The highest BCUT2D eigenvalue weighted by molar-refractivity contribution is 8.00. The quantitative estimate of drug-likeness (QED) is 0.818. The van der Waals surface area contributed by atoms with Crippen LogP contribution in [0.15, 0.2) is 27.8 Å². The Morgan fingerprint density at radius 1 is 1.22 bits per heavy atom. The van der Waals surface area contributed by atoms with Crippen molar-refractivity contribution < 1.29 is 9.21 Å². The third-order valence-electron chi connectivity index (χ3n) is 3.49. The molecule has 0 spiro atoms. The minimum atomic E-state index is -0.276. The van der Waals surface area contributed by atoms with Crippen molar-refractivity contribution in [3.05, 3.63) is 29.3 Å². The Balaban J connectivity index is 2.01. The van der Waals surface area contributed by atoms with E-state index in [0.29, 0.717) is 23.6 Å². The summed E-state index contributed by atoms with van der Waals surface area (Å²) >= 11 is 1.27. The second-order valence-electron chi connectivity index (χ2n) is 6.07. The van der Waals surface area contributed by atoms with Crippen molar-refractivity contribution in [3.8, 4) is 11.5 Å². The van der Waals surface area contributed by atoms with Crippen LogP contribution < -0.4 is 5.32 Å². The molecule has 124 valence electrons. The number of aryl methyl sites for hydroxylation is 2. The lowest BCUT2D eigenvalue weighted by atomic mass is 10.1. The SMILES string of the molecule is Cc1ccc(-c2nnc(SC(C)C(=O)NCC(C)C)o2)cc1C. The van der Waals surface area contributed by atoms with Gasteiger partial charge >= 0.3 is 0 Å². The maximum Gasteiger partial charge on any atom is 0.277 e. The Hall–Kier alpha value is -1.82. The molecule has 0 saturated heterocycles. The molecule has 2 rings (SSSR count). The van der Waals surface area contributed by atoms with Crippen molar-refractivity contribution in [1.29, 1.82) is 0 Å². The fourth-order valence-corrected chi connectivity index (χ4v) is 2.61. The molecule has 0 bridgehead atoms. The van der Waals surface area contributed by atoms with E-state index in [9.17, 15) is 4.79 Å². The summed E-state index contributed by atoms with van der Waals surface area (Å²) in [5.74, 6) is 0.885. The van der Waals surface area contributed by atoms with Gasteiger partial charge in [-0.1, -0.05) is 31.7 Å². The van der Waals surface area contributed by atoms with Crippen LogP contribution in [0.25, 0.3) is 11.5 Å². The Kier molecular flexibility index (Phi) is 5.82. The Labute approximate surface area is 141 Å². The van der Waals surface area contributed by atoms with Crippen molar-refractivity contribution in [1.82, 2.24) is 15.5 Å². The monoisotopic (exact) mass is 333 g/mol. The number of benzene rings is 1. The minimum absolute atomic E-state index is 0.0189. The molecule has 1 unspecified atom stereocenters. The number of rotatable bonds is 6. The number of amides is 1. The molecule has 0 aliphatic heterocycles. The van der Waals surface area contributed by atoms with Gasteiger partial charge in [0.1, 0.15) is 0 Å². The van der Waals surface area contributed by atoms with Gasteiger partial charge in [0.15, 0.2) is 0 Å². The predicted molar refractivity (Wildman–Crippen MR) is 92.4 cm³/mol. The molecule has 0 aliphatic carbocycles. The van der Waals surface area contributed by atoms with E-state index in [2.05, 4.69) is 36.3 Å². The maximum absolute atomic E-state index is 12.0. The van der Waals surface area contributed by atoms with Crippen molar-refractivity contribution in [2.75, 3.05) is 6.54 Å². The largest absolute Gasteiger partial charge is 0.411 e. The van der Waals surface area contributed by atoms with E-state index in [0.717, 1.165) is 5.56 Å². The van der Waals surface area contributed by atoms with Crippen molar-refractivity contribution in [3.63, 3.8) is 0 Å². The lowest BCUT2D eigenvalue weighted by molar-refractivity contribution is -0.120. The maximum atomic E-state index is 12.0. The molecule has 0 saturated carbocycles. The molecular formula is C17H23N3O2S. The first-order valence-corrected chi connectivity index (χ1v) is 8.60. The number of nitrogens with one attached hydrogen (secondary N) is 1. The van der Waals surface area contributed by atoms with Crippen LogP contribution in [0.4, 0.5) is 0 Å². The van der Waals surface area contributed by atoms with Gasteiger partial charge < -0.3 is 9.73 Å². The summed E-state index contributed by atoms with van der Waals surface area (Å²) in [6, 6.07) is 6.02. The zero-order chi connectivity index (χ0) is 17.0. The Bertz CT molecular complexity index is 682. The highest BCUT2D eigenvalue weighted by Crippen LogP contribution is 2.27. The predicted octanol–water partition coefficient (Wildman–Crippen LogP) is 3.61.